The summed E-state index contributed by atoms with van der Waals surface area (Å²) in [6.45, 7) is 0. The maximum Gasteiger partial charge on any atom is 0.345 e. The molecule has 160 valence electrons. The Morgan fingerprint density at radius 2 is 1.64 bits per heavy atom. The molecule has 7 nitrogen and oxygen atoms in total. The molecule has 2 aromatic heterocycles. The van der Waals surface area contributed by atoms with Crippen LogP contribution in [0.3, 0.4) is 0 Å². The molecular formula is C26H18N4O3. The molecule has 0 aliphatic carbocycles. The molecule has 0 bridgehead atoms. The number of carbonyl (C=O) groups excluding carboxylic acids is 1. The van der Waals surface area contributed by atoms with E-state index in [0.29, 0.717) is 28.0 Å². The summed E-state index contributed by atoms with van der Waals surface area (Å²) in [5, 5.41) is 9.50. The van der Waals surface area contributed by atoms with Gasteiger partial charge in [-0.25, -0.2) is 14.9 Å². The topological polar surface area (TPSA) is 89.5 Å². The molecule has 33 heavy (non-hydrogen) atoms. The molecule has 0 spiro atoms. The molecule has 0 radical (unpaired) electrons. The van der Waals surface area contributed by atoms with Crippen molar-refractivity contribution in [1.29, 1.82) is 0 Å². The van der Waals surface area contributed by atoms with Crippen LogP contribution in [0.4, 0.5) is 0 Å². The summed E-state index contributed by atoms with van der Waals surface area (Å²) in [5.74, 6) is -0.339. The molecule has 1 N–H and O–H groups in total. The maximum atomic E-state index is 12.8. The van der Waals surface area contributed by atoms with Crippen molar-refractivity contribution in [2.45, 2.75) is 0 Å². The number of nitrogens with one attached hydrogen (secondary N) is 1. The Labute approximate surface area is 188 Å². The van der Waals surface area contributed by atoms with E-state index < -0.39 is 5.63 Å². The highest BCUT2D eigenvalue weighted by atomic mass is 16.4. The number of carbonyl (C=O) groups is 1. The lowest BCUT2D eigenvalue weighted by Crippen LogP contribution is -2.17. The minimum atomic E-state index is -0.505. The second-order valence-corrected chi connectivity index (χ2v) is 7.26. The van der Waals surface area contributed by atoms with Crippen LogP contribution in [0.5, 0.6) is 0 Å². The molecule has 0 aliphatic rings. The number of hydrazone groups is 1. The van der Waals surface area contributed by atoms with Crippen LogP contribution in [-0.4, -0.2) is 21.9 Å². The minimum Gasteiger partial charge on any atom is -0.422 e. The van der Waals surface area contributed by atoms with Crippen molar-refractivity contribution >= 4 is 23.1 Å². The first-order valence-corrected chi connectivity index (χ1v) is 10.3. The molecule has 0 saturated heterocycles. The summed E-state index contributed by atoms with van der Waals surface area (Å²) in [6, 6.07) is 27.3. The zero-order chi connectivity index (χ0) is 22.6. The first kappa shape index (κ1) is 20.1. The summed E-state index contributed by atoms with van der Waals surface area (Å²) in [6.07, 6.45) is 3.22. The number of hydrogen-bond donors (Lipinski definition) is 1. The smallest absolute Gasteiger partial charge is 0.345 e. The summed E-state index contributed by atoms with van der Waals surface area (Å²) in [5.41, 5.74) is 5.07. The molecule has 5 rings (SSSR count). The lowest BCUT2D eigenvalue weighted by Gasteiger charge is -2.02. The molecule has 3 aromatic carbocycles. The van der Waals surface area contributed by atoms with Crippen LogP contribution in [0.25, 0.3) is 27.9 Å². The first-order valence-electron chi connectivity index (χ1n) is 10.3. The number of amides is 1. The summed E-state index contributed by atoms with van der Waals surface area (Å²) in [7, 11) is 0. The van der Waals surface area contributed by atoms with E-state index in [-0.39, 0.29) is 5.91 Å². The molecule has 0 unspecified atom stereocenters. The number of aromatic nitrogens is 2. The van der Waals surface area contributed by atoms with Crippen molar-refractivity contribution in [3.63, 3.8) is 0 Å². The van der Waals surface area contributed by atoms with Crippen molar-refractivity contribution in [1.82, 2.24) is 15.2 Å². The van der Waals surface area contributed by atoms with Gasteiger partial charge in [0.15, 0.2) is 0 Å². The fourth-order valence-corrected chi connectivity index (χ4v) is 3.45. The monoisotopic (exact) mass is 434 g/mol. The number of benzene rings is 3. The van der Waals surface area contributed by atoms with Crippen molar-refractivity contribution in [3.8, 4) is 16.9 Å². The highest BCUT2D eigenvalue weighted by Gasteiger charge is 2.16. The van der Waals surface area contributed by atoms with Gasteiger partial charge in [0.1, 0.15) is 11.3 Å². The van der Waals surface area contributed by atoms with Gasteiger partial charge in [0, 0.05) is 22.7 Å². The summed E-state index contributed by atoms with van der Waals surface area (Å²) in [4.78, 5) is 25.1. The Kier molecular flexibility index (Phi) is 5.35. The van der Waals surface area contributed by atoms with Crippen molar-refractivity contribution < 1.29 is 9.21 Å². The third-order valence-corrected chi connectivity index (χ3v) is 5.07. The summed E-state index contributed by atoms with van der Waals surface area (Å²) < 4.78 is 7.16. The highest BCUT2D eigenvalue weighted by molar-refractivity contribution is 5.96. The molecular weight excluding hydrogens is 416 g/mol. The predicted molar refractivity (Wildman–Crippen MR) is 127 cm³/mol. The lowest BCUT2D eigenvalue weighted by molar-refractivity contribution is 0.0955. The van der Waals surface area contributed by atoms with Gasteiger partial charge < -0.3 is 4.42 Å². The second kappa shape index (κ2) is 8.76. The number of rotatable bonds is 5. The fraction of sp³-hybridized carbons (Fsp3) is 0. The molecule has 7 heteroatoms. The summed E-state index contributed by atoms with van der Waals surface area (Å²) >= 11 is 0. The molecule has 0 saturated carbocycles. The third-order valence-electron chi connectivity index (χ3n) is 5.07. The standard InChI is InChI=1S/C26H18N4O3/c31-25(18-9-3-1-4-10-18)28-27-16-20-17-30(21-12-5-2-6-13-21)29-24(20)22-15-19-11-7-8-14-23(19)33-26(22)32/h1-17H,(H,28,31). The van der Waals surface area contributed by atoms with Crippen molar-refractivity contribution in [2.24, 2.45) is 5.10 Å². The second-order valence-electron chi connectivity index (χ2n) is 7.26. The van der Waals surface area contributed by atoms with E-state index in [4.69, 9.17) is 4.42 Å². The van der Waals surface area contributed by atoms with Gasteiger partial charge in [-0.15, -0.1) is 0 Å². The van der Waals surface area contributed by atoms with Gasteiger partial charge in [0.05, 0.1) is 17.5 Å². The number of hydrogen-bond acceptors (Lipinski definition) is 5. The van der Waals surface area contributed by atoms with E-state index in [1.807, 2.05) is 54.6 Å². The van der Waals surface area contributed by atoms with E-state index in [2.05, 4.69) is 15.6 Å². The van der Waals surface area contributed by atoms with E-state index in [0.717, 1.165) is 11.1 Å². The minimum absolute atomic E-state index is 0.305. The van der Waals surface area contributed by atoms with E-state index in [9.17, 15) is 9.59 Å². The van der Waals surface area contributed by atoms with Gasteiger partial charge in [-0.05, 0) is 36.4 Å². The van der Waals surface area contributed by atoms with Gasteiger partial charge in [-0.1, -0.05) is 54.6 Å². The van der Waals surface area contributed by atoms with Gasteiger partial charge in [0.25, 0.3) is 5.91 Å². The molecule has 5 aromatic rings. The number of fused-ring (bicyclic) bond motifs is 1. The lowest BCUT2D eigenvalue weighted by atomic mass is 10.1. The highest BCUT2D eigenvalue weighted by Crippen LogP contribution is 2.23. The molecule has 0 fully saturated rings. The van der Waals surface area contributed by atoms with Crippen LogP contribution in [0.2, 0.25) is 0 Å². The van der Waals surface area contributed by atoms with E-state index in [1.54, 1.807) is 47.3 Å². The Hall–Kier alpha value is -4.78. The van der Waals surface area contributed by atoms with Gasteiger partial charge in [0.2, 0.25) is 0 Å². The van der Waals surface area contributed by atoms with E-state index >= 15 is 0 Å². The average Bonchev–Trinajstić information content (AvgIpc) is 3.28. The number of para-hydroxylation sites is 2. The van der Waals surface area contributed by atoms with Crippen LogP contribution < -0.4 is 11.1 Å². The third kappa shape index (κ3) is 4.20. The quantitative estimate of drug-likeness (QED) is 0.252. The Morgan fingerprint density at radius 1 is 0.939 bits per heavy atom. The average molecular weight is 434 g/mol. The Bertz CT molecular complexity index is 1520. The molecule has 0 atom stereocenters. The van der Waals surface area contributed by atoms with Gasteiger partial charge in [-0.3, -0.25) is 4.79 Å². The van der Waals surface area contributed by atoms with Gasteiger partial charge >= 0.3 is 5.63 Å². The van der Waals surface area contributed by atoms with Crippen molar-refractivity contribution in [3.05, 3.63) is 119 Å². The molecule has 1 amide bonds. The predicted octanol–water partition coefficient (Wildman–Crippen LogP) is 4.41. The van der Waals surface area contributed by atoms with Crippen LogP contribution in [0.1, 0.15) is 15.9 Å². The van der Waals surface area contributed by atoms with Crippen molar-refractivity contribution in [2.75, 3.05) is 0 Å². The number of nitrogens with zero attached hydrogens (tertiary/aromatic N) is 3. The Morgan fingerprint density at radius 3 is 2.42 bits per heavy atom. The Balaban J connectivity index is 1.55. The van der Waals surface area contributed by atoms with E-state index in [1.165, 1.54) is 6.21 Å². The largest absolute Gasteiger partial charge is 0.422 e. The maximum absolute atomic E-state index is 12.8. The fourth-order valence-electron chi connectivity index (χ4n) is 3.45. The van der Waals surface area contributed by atoms with Crippen LogP contribution >= 0.6 is 0 Å². The van der Waals surface area contributed by atoms with Crippen LogP contribution in [-0.2, 0) is 0 Å². The molecule has 0 aliphatic heterocycles. The first-order chi connectivity index (χ1) is 16.2. The van der Waals surface area contributed by atoms with Crippen LogP contribution in [0, 0.1) is 0 Å². The SMILES string of the molecule is O=C(NN=Cc1cn(-c2ccccc2)nc1-c1cc2ccccc2oc1=O)c1ccccc1. The zero-order valence-electron chi connectivity index (χ0n) is 17.4. The van der Waals surface area contributed by atoms with Crippen LogP contribution in [0.15, 0.2) is 112 Å². The normalized spacial score (nSPS) is 11.2. The van der Waals surface area contributed by atoms with Gasteiger partial charge in [-0.2, -0.15) is 10.2 Å². The molecule has 2 heterocycles. The zero-order valence-corrected chi connectivity index (χ0v) is 17.4.